The summed E-state index contributed by atoms with van der Waals surface area (Å²) in [4.78, 5) is 7.97. The van der Waals surface area contributed by atoms with Gasteiger partial charge in [0.05, 0.1) is 6.54 Å². The molecular weight excluding hydrogens is 516 g/mol. The van der Waals surface area contributed by atoms with Crippen molar-refractivity contribution in [2.75, 3.05) is 26.8 Å². The summed E-state index contributed by atoms with van der Waals surface area (Å²) in [6.45, 7) is -0.395. The highest BCUT2D eigenvalue weighted by Gasteiger charge is 2.29. The van der Waals surface area contributed by atoms with E-state index in [1.807, 2.05) is 24.3 Å². The number of guanidine groups is 1. The summed E-state index contributed by atoms with van der Waals surface area (Å²) in [5.41, 5.74) is 0.478. The van der Waals surface area contributed by atoms with Gasteiger partial charge in [-0.1, -0.05) is 18.2 Å². The number of nitrogens with zero attached hydrogens (tertiary/aromatic N) is 2. The Morgan fingerprint density at radius 3 is 2.70 bits per heavy atom. The first-order chi connectivity index (χ1) is 13.9. The highest BCUT2D eigenvalue weighted by Crippen LogP contribution is 2.30. The molecule has 11 heteroatoms. The van der Waals surface area contributed by atoms with Crippen LogP contribution in [0.1, 0.15) is 5.56 Å². The van der Waals surface area contributed by atoms with E-state index in [1.165, 1.54) is 6.20 Å². The van der Waals surface area contributed by atoms with Crippen molar-refractivity contribution in [2.24, 2.45) is 4.99 Å². The van der Waals surface area contributed by atoms with Crippen molar-refractivity contribution < 1.29 is 27.4 Å². The highest BCUT2D eigenvalue weighted by atomic mass is 127. The first kappa shape index (κ1) is 23.8. The second-order valence-electron chi connectivity index (χ2n) is 6.18. The van der Waals surface area contributed by atoms with Crippen LogP contribution in [0.3, 0.4) is 0 Å². The fraction of sp³-hybridized carbons (Fsp3) is 0.368. The van der Waals surface area contributed by atoms with Crippen molar-refractivity contribution in [2.45, 2.75) is 18.8 Å². The molecule has 30 heavy (non-hydrogen) atoms. The Balaban J connectivity index is 0.00000320. The number of ether oxygens (including phenoxy) is 3. The molecule has 2 aromatic rings. The monoisotopic (exact) mass is 538 g/mol. The quantitative estimate of drug-likeness (QED) is 0.335. The standard InChI is InChI=1S/C19H21F3N4O3.HI/c1-23-18(26-10-14-11-27-15-6-2-3-7-16(15)29-14)25-9-13-5-4-8-24-17(13)28-12-19(20,21)22;/h2-8,14H,9-12H2,1H3,(H2,23,25,26);1H. The van der Waals surface area contributed by atoms with E-state index < -0.39 is 12.8 Å². The molecule has 1 atom stereocenters. The van der Waals surface area contributed by atoms with Gasteiger partial charge in [-0.15, -0.1) is 24.0 Å². The zero-order valence-corrected chi connectivity index (χ0v) is 18.4. The van der Waals surface area contributed by atoms with E-state index in [2.05, 4.69) is 20.6 Å². The molecule has 0 bridgehead atoms. The number of hydrogen-bond donors (Lipinski definition) is 2. The van der Waals surface area contributed by atoms with Gasteiger partial charge in [0.15, 0.2) is 24.1 Å². The van der Waals surface area contributed by atoms with Crippen molar-refractivity contribution in [1.29, 1.82) is 0 Å². The second kappa shape index (κ2) is 11.1. The fourth-order valence-electron chi connectivity index (χ4n) is 2.61. The van der Waals surface area contributed by atoms with Crippen LogP contribution in [0.15, 0.2) is 47.6 Å². The lowest BCUT2D eigenvalue weighted by Crippen LogP contribution is -2.45. The van der Waals surface area contributed by atoms with E-state index in [0.29, 0.717) is 36.2 Å². The molecule has 7 nitrogen and oxygen atoms in total. The minimum atomic E-state index is -4.43. The van der Waals surface area contributed by atoms with Gasteiger partial charge in [0, 0.05) is 25.4 Å². The molecule has 1 aliphatic rings. The Labute approximate surface area is 189 Å². The van der Waals surface area contributed by atoms with Crippen LogP contribution >= 0.6 is 24.0 Å². The van der Waals surface area contributed by atoms with Gasteiger partial charge in [0.1, 0.15) is 12.7 Å². The van der Waals surface area contributed by atoms with Gasteiger partial charge in [-0.25, -0.2) is 4.98 Å². The van der Waals surface area contributed by atoms with E-state index in [-0.39, 0.29) is 42.5 Å². The number of aliphatic imine (C=N–C) groups is 1. The van der Waals surface area contributed by atoms with Crippen molar-refractivity contribution in [3.8, 4) is 17.4 Å². The summed E-state index contributed by atoms with van der Waals surface area (Å²) >= 11 is 0. The number of nitrogens with one attached hydrogen (secondary N) is 2. The van der Waals surface area contributed by atoms with Crippen molar-refractivity contribution in [1.82, 2.24) is 15.6 Å². The highest BCUT2D eigenvalue weighted by molar-refractivity contribution is 14.0. The lowest BCUT2D eigenvalue weighted by atomic mass is 10.2. The third kappa shape index (κ3) is 7.11. The molecule has 1 aromatic heterocycles. The largest absolute Gasteiger partial charge is 0.486 e. The summed E-state index contributed by atoms with van der Waals surface area (Å²) in [6.07, 6.45) is -3.27. The molecule has 2 N–H and O–H groups in total. The number of benzene rings is 1. The number of fused-ring (bicyclic) bond motifs is 1. The van der Waals surface area contributed by atoms with Crippen LogP contribution < -0.4 is 24.8 Å². The second-order valence-corrected chi connectivity index (χ2v) is 6.18. The first-order valence-corrected chi connectivity index (χ1v) is 8.91. The van der Waals surface area contributed by atoms with Gasteiger partial charge in [-0.3, -0.25) is 4.99 Å². The minimum Gasteiger partial charge on any atom is -0.486 e. The van der Waals surface area contributed by atoms with Crippen molar-refractivity contribution in [3.05, 3.63) is 48.2 Å². The maximum atomic E-state index is 12.4. The van der Waals surface area contributed by atoms with Gasteiger partial charge in [0.2, 0.25) is 5.88 Å². The van der Waals surface area contributed by atoms with E-state index in [1.54, 1.807) is 19.2 Å². The van der Waals surface area contributed by atoms with Crippen LogP contribution in [-0.2, 0) is 6.54 Å². The summed E-state index contributed by atoms with van der Waals surface area (Å²) < 4.78 is 53.5. The smallest absolute Gasteiger partial charge is 0.422 e. The van der Waals surface area contributed by atoms with E-state index in [0.717, 1.165) is 0 Å². The SMILES string of the molecule is CN=C(NCc1cccnc1OCC(F)(F)F)NCC1COc2ccccc2O1.I. The van der Waals surface area contributed by atoms with Gasteiger partial charge >= 0.3 is 6.18 Å². The number of pyridine rings is 1. The van der Waals surface area contributed by atoms with Gasteiger partial charge in [-0.05, 0) is 18.2 Å². The first-order valence-electron chi connectivity index (χ1n) is 8.91. The minimum absolute atomic E-state index is 0. The van der Waals surface area contributed by atoms with Crippen LogP contribution in [0.5, 0.6) is 17.4 Å². The molecule has 0 fully saturated rings. The third-order valence-electron chi connectivity index (χ3n) is 3.96. The molecule has 2 heterocycles. The fourth-order valence-corrected chi connectivity index (χ4v) is 2.61. The predicted molar refractivity (Wildman–Crippen MR) is 116 cm³/mol. The Bertz CT molecular complexity index is 852. The number of aromatic nitrogens is 1. The number of alkyl halides is 3. The number of rotatable bonds is 6. The summed E-state index contributed by atoms with van der Waals surface area (Å²) in [5, 5.41) is 6.13. The molecule has 0 amide bonds. The normalized spacial score (nSPS) is 15.7. The molecule has 164 valence electrons. The van der Waals surface area contributed by atoms with Crippen LogP contribution in [0.25, 0.3) is 0 Å². The summed E-state index contributed by atoms with van der Waals surface area (Å²) in [7, 11) is 1.59. The molecule has 0 spiro atoms. The zero-order valence-electron chi connectivity index (χ0n) is 16.1. The maximum Gasteiger partial charge on any atom is 0.422 e. The molecule has 1 aliphatic heterocycles. The summed E-state index contributed by atoms with van der Waals surface area (Å²) in [6, 6.07) is 10.7. The van der Waals surface area contributed by atoms with Gasteiger partial charge in [0.25, 0.3) is 0 Å². The molecule has 1 aromatic carbocycles. The third-order valence-corrected chi connectivity index (χ3v) is 3.96. The topological polar surface area (TPSA) is 77.0 Å². The Kier molecular flexibility index (Phi) is 8.81. The average Bonchev–Trinajstić information content (AvgIpc) is 2.72. The van der Waals surface area contributed by atoms with Crippen molar-refractivity contribution in [3.63, 3.8) is 0 Å². The predicted octanol–water partition coefficient (Wildman–Crippen LogP) is 3.15. The zero-order chi connectivity index (χ0) is 20.7. The molecular formula is C19H22F3IN4O3. The van der Waals surface area contributed by atoms with Gasteiger partial charge in [-0.2, -0.15) is 13.2 Å². The van der Waals surface area contributed by atoms with Crippen LogP contribution in [0.2, 0.25) is 0 Å². The lowest BCUT2D eigenvalue weighted by Gasteiger charge is -2.27. The van der Waals surface area contributed by atoms with Crippen LogP contribution in [-0.4, -0.2) is 50.0 Å². The van der Waals surface area contributed by atoms with Crippen LogP contribution in [0, 0.1) is 0 Å². The van der Waals surface area contributed by atoms with Gasteiger partial charge < -0.3 is 24.8 Å². The Hall–Kier alpha value is -2.44. The lowest BCUT2D eigenvalue weighted by molar-refractivity contribution is -0.154. The number of hydrogen-bond acceptors (Lipinski definition) is 5. The molecule has 0 aliphatic carbocycles. The molecule has 3 rings (SSSR count). The number of para-hydroxylation sites is 2. The molecule has 0 saturated heterocycles. The maximum absolute atomic E-state index is 12.4. The average molecular weight is 538 g/mol. The van der Waals surface area contributed by atoms with Crippen LogP contribution in [0.4, 0.5) is 13.2 Å². The Morgan fingerprint density at radius 1 is 1.20 bits per heavy atom. The molecule has 1 unspecified atom stereocenters. The van der Waals surface area contributed by atoms with E-state index in [9.17, 15) is 13.2 Å². The Morgan fingerprint density at radius 2 is 1.97 bits per heavy atom. The number of halogens is 4. The van der Waals surface area contributed by atoms with E-state index in [4.69, 9.17) is 14.2 Å². The van der Waals surface area contributed by atoms with E-state index >= 15 is 0 Å². The molecule has 0 saturated carbocycles. The summed E-state index contributed by atoms with van der Waals surface area (Å²) in [5.74, 6) is 1.76. The molecule has 0 radical (unpaired) electrons. The van der Waals surface area contributed by atoms with Crippen molar-refractivity contribution >= 4 is 29.9 Å².